The van der Waals surface area contributed by atoms with Gasteiger partial charge in [0.05, 0.1) is 7.11 Å². The SMILES string of the molecule is CCn1nnnc1-c1ccc(OC)c(S(=O)(=O)N2CCN(Cc3ccccc3)CC2)c1. The molecule has 1 aliphatic heterocycles. The average Bonchev–Trinajstić information content (AvgIpc) is 3.28. The van der Waals surface area contributed by atoms with Crippen LogP contribution in [-0.4, -0.2) is 71.1 Å². The predicted octanol–water partition coefficient (Wildman–Crippen LogP) is 1.88. The number of benzene rings is 2. The van der Waals surface area contributed by atoms with Gasteiger partial charge in [-0.2, -0.15) is 4.31 Å². The van der Waals surface area contributed by atoms with Gasteiger partial charge in [0.2, 0.25) is 10.0 Å². The summed E-state index contributed by atoms with van der Waals surface area (Å²) in [6.07, 6.45) is 0. The molecule has 0 bridgehead atoms. The smallest absolute Gasteiger partial charge is 0.246 e. The van der Waals surface area contributed by atoms with Gasteiger partial charge in [0.15, 0.2) is 5.82 Å². The van der Waals surface area contributed by atoms with Crippen LogP contribution in [0, 0.1) is 0 Å². The predicted molar refractivity (Wildman–Crippen MR) is 116 cm³/mol. The molecule has 1 saturated heterocycles. The summed E-state index contributed by atoms with van der Waals surface area (Å²) in [5.41, 5.74) is 1.86. The van der Waals surface area contributed by atoms with Crippen molar-refractivity contribution >= 4 is 10.0 Å². The maximum Gasteiger partial charge on any atom is 0.246 e. The fraction of sp³-hybridized carbons (Fsp3) is 0.381. The first-order valence-electron chi connectivity index (χ1n) is 10.2. The second kappa shape index (κ2) is 9.13. The lowest BCUT2D eigenvalue weighted by molar-refractivity contribution is 0.181. The Hall–Kier alpha value is -2.82. The number of hydrogen-bond donors (Lipinski definition) is 0. The van der Waals surface area contributed by atoms with Gasteiger partial charge >= 0.3 is 0 Å². The molecule has 3 aromatic rings. The number of hydrogen-bond acceptors (Lipinski definition) is 7. The monoisotopic (exact) mass is 442 g/mol. The summed E-state index contributed by atoms with van der Waals surface area (Å²) in [5.74, 6) is 0.834. The molecule has 164 valence electrons. The molecule has 0 aliphatic carbocycles. The Morgan fingerprint density at radius 2 is 1.77 bits per heavy atom. The van der Waals surface area contributed by atoms with Crippen molar-refractivity contribution in [1.29, 1.82) is 0 Å². The van der Waals surface area contributed by atoms with Crippen LogP contribution in [0.5, 0.6) is 5.75 Å². The minimum atomic E-state index is -3.73. The van der Waals surface area contributed by atoms with Crippen LogP contribution in [0.3, 0.4) is 0 Å². The lowest BCUT2D eigenvalue weighted by atomic mass is 10.2. The summed E-state index contributed by atoms with van der Waals surface area (Å²) in [7, 11) is -2.26. The van der Waals surface area contributed by atoms with Crippen LogP contribution in [-0.2, 0) is 23.1 Å². The van der Waals surface area contributed by atoms with Crippen molar-refractivity contribution in [3.05, 3.63) is 54.1 Å². The molecule has 0 amide bonds. The first-order valence-corrected chi connectivity index (χ1v) is 11.7. The van der Waals surface area contributed by atoms with E-state index in [0.717, 1.165) is 6.54 Å². The summed E-state index contributed by atoms with van der Waals surface area (Å²) in [6, 6.07) is 15.2. The number of sulfonamides is 1. The van der Waals surface area contributed by atoms with Crippen molar-refractivity contribution in [2.24, 2.45) is 0 Å². The van der Waals surface area contributed by atoms with Crippen molar-refractivity contribution < 1.29 is 13.2 Å². The number of piperazine rings is 1. The highest BCUT2D eigenvalue weighted by Gasteiger charge is 2.31. The number of aryl methyl sites for hydroxylation is 1. The normalized spacial score (nSPS) is 15.8. The molecular weight excluding hydrogens is 416 g/mol. The molecule has 0 spiro atoms. The summed E-state index contributed by atoms with van der Waals surface area (Å²) >= 11 is 0. The van der Waals surface area contributed by atoms with E-state index in [0.29, 0.717) is 49.9 Å². The third-order valence-electron chi connectivity index (χ3n) is 5.45. The number of rotatable bonds is 7. The third kappa shape index (κ3) is 4.46. The van der Waals surface area contributed by atoms with E-state index in [1.807, 2.05) is 25.1 Å². The number of ether oxygens (including phenoxy) is 1. The van der Waals surface area contributed by atoms with E-state index in [-0.39, 0.29) is 4.90 Å². The molecule has 31 heavy (non-hydrogen) atoms. The minimum Gasteiger partial charge on any atom is -0.495 e. The third-order valence-corrected chi connectivity index (χ3v) is 7.37. The van der Waals surface area contributed by atoms with Crippen molar-refractivity contribution in [3.8, 4) is 17.1 Å². The number of nitrogens with zero attached hydrogens (tertiary/aromatic N) is 6. The van der Waals surface area contributed by atoms with E-state index in [1.54, 1.807) is 22.9 Å². The second-order valence-electron chi connectivity index (χ2n) is 7.35. The maximum absolute atomic E-state index is 13.5. The van der Waals surface area contributed by atoms with Gasteiger partial charge in [-0.05, 0) is 41.1 Å². The van der Waals surface area contributed by atoms with Gasteiger partial charge in [0, 0.05) is 44.8 Å². The van der Waals surface area contributed by atoms with Gasteiger partial charge in [-0.15, -0.1) is 5.10 Å². The minimum absolute atomic E-state index is 0.134. The van der Waals surface area contributed by atoms with Crippen LogP contribution in [0.25, 0.3) is 11.4 Å². The molecule has 2 heterocycles. The topological polar surface area (TPSA) is 93.4 Å². The lowest BCUT2D eigenvalue weighted by Crippen LogP contribution is -2.48. The van der Waals surface area contributed by atoms with E-state index < -0.39 is 10.0 Å². The molecule has 0 saturated carbocycles. The van der Waals surface area contributed by atoms with Gasteiger partial charge in [-0.1, -0.05) is 30.3 Å². The van der Waals surface area contributed by atoms with Crippen molar-refractivity contribution in [1.82, 2.24) is 29.4 Å². The fourth-order valence-electron chi connectivity index (χ4n) is 3.75. The van der Waals surface area contributed by atoms with Gasteiger partial charge in [-0.25, -0.2) is 13.1 Å². The Morgan fingerprint density at radius 1 is 1.03 bits per heavy atom. The summed E-state index contributed by atoms with van der Waals surface area (Å²) in [5, 5.41) is 11.7. The van der Waals surface area contributed by atoms with Gasteiger partial charge in [0.1, 0.15) is 10.6 Å². The van der Waals surface area contributed by atoms with Crippen LogP contribution in [0.2, 0.25) is 0 Å². The van der Waals surface area contributed by atoms with E-state index in [4.69, 9.17) is 4.74 Å². The zero-order valence-electron chi connectivity index (χ0n) is 17.7. The molecular formula is C21H26N6O3S. The Labute approximate surface area is 182 Å². The fourth-order valence-corrected chi connectivity index (χ4v) is 5.35. The van der Waals surface area contributed by atoms with E-state index in [9.17, 15) is 8.42 Å². The number of tetrazole rings is 1. The molecule has 9 nitrogen and oxygen atoms in total. The quantitative estimate of drug-likeness (QED) is 0.551. The Morgan fingerprint density at radius 3 is 2.45 bits per heavy atom. The summed E-state index contributed by atoms with van der Waals surface area (Å²) in [6.45, 7) is 5.52. The number of aromatic nitrogens is 4. The van der Waals surface area contributed by atoms with E-state index in [1.165, 1.54) is 17.0 Å². The van der Waals surface area contributed by atoms with Crippen LogP contribution in [0.15, 0.2) is 53.4 Å². The molecule has 0 radical (unpaired) electrons. The molecule has 4 rings (SSSR count). The van der Waals surface area contributed by atoms with Crippen LogP contribution in [0.1, 0.15) is 12.5 Å². The summed E-state index contributed by atoms with van der Waals surface area (Å²) in [4.78, 5) is 2.40. The molecule has 0 atom stereocenters. The molecule has 1 aromatic heterocycles. The first kappa shape index (κ1) is 21.4. The largest absolute Gasteiger partial charge is 0.495 e. The van der Waals surface area contributed by atoms with Crippen molar-refractivity contribution in [3.63, 3.8) is 0 Å². The van der Waals surface area contributed by atoms with Crippen LogP contribution in [0.4, 0.5) is 0 Å². The molecule has 1 fully saturated rings. The zero-order valence-corrected chi connectivity index (χ0v) is 18.5. The summed E-state index contributed by atoms with van der Waals surface area (Å²) < 4.78 is 35.5. The highest BCUT2D eigenvalue weighted by molar-refractivity contribution is 7.89. The standard InChI is InChI=1S/C21H26N6O3S/c1-3-27-21(22-23-24-27)18-9-10-19(30-2)20(15-18)31(28,29)26-13-11-25(12-14-26)16-17-7-5-4-6-8-17/h4-10,15H,3,11-14,16H2,1-2H3. The van der Waals surface area contributed by atoms with Gasteiger partial charge in [-0.3, -0.25) is 4.90 Å². The van der Waals surface area contributed by atoms with E-state index in [2.05, 4.69) is 32.6 Å². The Kier molecular flexibility index (Phi) is 6.30. The van der Waals surface area contributed by atoms with Gasteiger partial charge < -0.3 is 4.74 Å². The molecule has 10 heteroatoms. The van der Waals surface area contributed by atoms with E-state index >= 15 is 0 Å². The molecule has 2 aromatic carbocycles. The highest BCUT2D eigenvalue weighted by atomic mass is 32.2. The Balaban J connectivity index is 1.55. The lowest BCUT2D eigenvalue weighted by Gasteiger charge is -2.34. The zero-order chi connectivity index (χ0) is 21.8. The van der Waals surface area contributed by atoms with Crippen LogP contribution < -0.4 is 4.74 Å². The molecule has 1 aliphatic rings. The average molecular weight is 443 g/mol. The molecule has 0 N–H and O–H groups in total. The number of methoxy groups -OCH3 is 1. The van der Waals surface area contributed by atoms with Crippen molar-refractivity contribution in [2.75, 3.05) is 33.3 Å². The van der Waals surface area contributed by atoms with Crippen LogP contribution >= 0.6 is 0 Å². The van der Waals surface area contributed by atoms with Gasteiger partial charge in [0.25, 0.3) is 0 Å². The molecule has 0 unspecified atom stereocenters. The highest BCUT2D eigenvalue weighted by Crippen LogP contribution is 2.31. The second-order valence-corrected chi connectivity index (χ2v) is 9.26. The first-order chi connectivity index (χ1) is 15.0. The maximum atomic E-state index is 13.5. The Bertz CT molecular complexity index is 1130. The van der Waals surface area contributed by atoms with Crippen molar-refractivity contribution in [2.45, 2.75) is 24.9 Å².